The molecule has 0 aliphatic carbocycles. The van der Waals surface area contributed by atoms with Crippen molar-refractivity contribution in [3.8, 4) is 0 Å². The van der Waals surface area contributed by atoms with Crippen molar-refractivity contribution in [1.29, 1.82) is 0 Å². The van der Waals surface area contributed by atoms with Crippen molar-refractivity contribution in [2.45, 2.75) is 73.1 Å². The van der Waals surface area contributed by atoms with Gasteiger partial charge in [-0.2, -0.15) is 0 Å². The number of guanidine groups is 1. The number of nitrogens with one attached hydrogen (secondary N) is 4. The first-order chi connectivity index (χ1) is 14.7. The zero-order chi connectivity index (χ0) is 22.9. The molecular formula is C24H41N5O2. The molecule has 1 aliphatic rings. The fourth-order valence-corrected chi connectivity index (χ4v) is 3.87. The minimum absolute atomic E-state index is 0.101. The van der Waals surface area contributed by atoms with Crippen LogP contribution in [0, 0.1) is 11.3 Å². The van der Waals surface area contributed by atoms with E-state index in [1.165, 1.54) is 6.42 Å². The molecule has 1 fully saturated rings. The maximum absolute atomic E-state index is 11.8. The number of amides is 2. The third-order valence-electron chi connectivity index (χ3n) is 5.23. The lowest BCUT2D eigenvalue weighted by atomic mass is 9.78. The number of carbonyl (C=O) groups excluding carboxylic acids is 1. The Balaban J connectivity index is 1.92. The topological polar surface area (TPSA) is 86.8 Å². The number of urea groups is 1. The molecule has 1 saturated heterocycles. The fourth-order valence-electron chi connectivity index (χ4n) is 3.87. The third-order valence-corrected chi connectivity index (χ3v) is 5.23. The largest absolute Gasteiger partial charge is 0.377 e. The lowest BCUT2D eigenvalue weighted by Gasteiger charge is -2.40. The van der Waals surface area contributed by atoms with Crippen molar-refractivity contribution in [2.75, 3.05) is 25.0 Å². The van der Waals surface area contributed by atoms with Crippen molar-refractivity contribution in [3.63, 3.8) is 0 Å². The standard InChI is InChI=1S/C24H41N5O2/c1-7-25-22(27-16-19-9-8-14-31-21(19)24(4,5)6)26-15-18-10-12-20(13-11-18)29-23(30)28-17(2)3/h10-13,17,19,21H,7-9,14-16H2,1-6H3,(H2,25,26,27)(H2,28,29,30). The van der Waals surface area contributed by atoms with Crippen LogP contribution in [0.4, 0.5) is 10.5 Å². The Labute approximate surface area is 187 Å². The van der Waals surface area contributed by atoms with Gasteiger partial charge in [-0.3, -0.25) is 0 Å². The maximum atomic E-state index is 11.8. The van der Waals surface area contributed by atoms with Crippen LogP contribution in [0.5, 0.6) is 0 Å². The van der Waals surface area contributed by atoms with Gasteiger partial charge in [-0.15, -0.1) is 0 Å². The van der Waals surface area contributed by atoms with Crippen molar-refractivity contribution >= 4 is 17.7 Å². The van der Waals surface area contributed by atoms with Gasteiger partial charge in [0, 0.05) is 37.3 Å². The monoisotopic (exact) mass is 431 g/mol. The second-order valence-electron chi connectivity index (χ2n) is 9.59. The van der Waals surface area contributed by atoms with Gasteiger partial charge in [0.1, 0.15) is 0 Å². The molecule has 7 nitrogen and oxygen atoms in total. The lowest BCUT2D eigenvalue weighted by Crippen LogP contribution is -2.47. The molecule has 0 radical (unpaired) electrons. The molecule has 4 N–H and O–H groups in total. The van der Waals surface area contributed by atoms with E-state index in [-0.39, 0.29) is 23.6 Å². The number of ether oxygens (including phenoxy) is 1. The molecule has 174 valence electrons. The van der Waals surface area contributed by atoms with Gasteiger partial charge < -0.3 is 26.0 Å². The molecule has 7 heteroatoms. The molecule has 1 aromatic carbocycles. The van der Waals surface area contributed by atoms with Crippen LogP contribution in [0.15, 0.2) is 29.3 Å². The second-order valence-corrected chi connectivity index (χ2v) is 9.59. The summed E-state index contributed by atoms with van der Waals surface area (Å²) in [5.74, 6) is 1.29. The molecule has 1 heterocycles. The quantitative estimate of drug-likeness (QED) is 0.386. The first kappa shape index (κ1) is 25.0. The van der Waals surface area contributed by atoms with Gasteiger partial charge in [-0.1, -0.05) is 32.9 Å². The average Bonchev–Trinajstić information content (AvgIpc) is 2.70. The van der Waals surface area contributed by atoms with E-state index in [1.54, 1.807) is 0 Å². The summed E-state index contributed by atoms with van der Waals surface area (Å²) in [6, 6.07) is 7.69. The molecule has 31 heavy (non-hydrogen) atoms. The molecule has 0 saturated carbocycles. The first-order valence-corrected chi connectivity index (χ1v) is 11.5. The number of benzene rings is 1. The van der Waals surface area contributed by atoms with Crippen LogP contribution < -0.4 is 21.3 Å². The van der Waals surface area contributed by atoms with Crippen LogP contribution in [-0.2, 0) is 11.3 Å². The van der Waals surface area contributed by atoms with E-state index in [9.17, 15) is 4.79 Å². The predicted octanol–water partition coefficient (Wildman–Crippen LogP) is 4.11. The summed E-state index contributed by atoms with van der Waals surface area (Å²) in [6.45, 7) is 15.8. The highest BCUT2D eigenvalue weighted by Gasteiger charge is 2.35. The average molecular weight is 432 g/mol. The lowest BCUT2D eigenvalue weighted by molar-refractivity contribution is -0.0835. The number of hydrogen-bond acceptors (Lipinski definition) is 3. The molecule has 0 aromatic heterocycles. The number of nitrogens with zero attached hydrogens (tertiary/aromatic N) is 1. The molecule has 0 spiro atoms. The number of hydrogen-bond donors (Lipinski definition) is 4. The van der Waals surface area contributed by atoms with Crippen LogP contribution in [0.3, 0.4) is 0 Å². The van der Waals surface area contributed by atoms with E-state index in [1.807, 2.05) is 38.1 Å². The Morgan fingerprint density at radius 1 is 1.19 bits per heavy atom. The molecule has 1 aliphatic heterocycles. The summed E-state index contributed by atoms with van der Waals surface area (Å²) in [4.78, 5) is 16.6. The van der Waals surface area contributed by atoms with Crippen LogP contribution in [-0.4, -0.2) is 43.8 Å². The zero-order valence-electron chi connectivity index (χ0n) is 20.0. The SMILES string of the molecule is CCNC(=NCc1ccc(NC(=O)NC(C)C)cc1)NCC1CCCOC1C(C)(C)C. The van der Waals surface area contributed by atoms with Gasteiger partial charge in [0.25, 0.3) is 0 Å². The Kier molecular flexibility index (Phi) is 9.62. The summed E-state index contributed by atoms with van der Waals surface area (Å²) in [5, 5.41) is 12.5. The maximum Gasteiger partial charge on any atom is 0.319 e. The van der Waals surface area contributed by atoms with Crippen molar-refractivity contribution < 1.29 is 9.53 Å². The zero-order valence-corrected chi connectivity index (χ0v) is 20.0. The minimum atomic E-state index is -0.195. The number of rotatable bonds is 7. The molecular weight excluding hydrogens is 390 g/mol. The Morgan fingerprint density at radius 2 is 1.90 bits per heavy atom. The van der Waals surface area contributed by atoms with E-state index in [4.69, 9.17) is 9.73 Å². The first-order valence-electron chi connectivity index (χ1n) is 11.5. The van der Waals surface area contributed by atoms with E-state index >= 15 is 0 Å². The van der Waals surface area contributed by atoms with Gasteiger partial charge in [0.2, 0.25) is 0 Å². The summed E-state index contributed by atoms with van der Waals surface area (Å²) in [7, 11) is 0. The highest BCUT2D eigenvalue weighted by Crippen LogP contribution is 2.33. The van der Waals surface area contributed by atoms with Crippen LogP contribution >= 0.6 is 0 Å². The van der Waals surface area contributed by atoms with Crippen LogP contribution in [0.25, 0.3) is 0 Å². The summed E-state index contributed by atoms with van der Waals surface area (Å²) < 4.78 is 6.10. The molecule has 2 atom stereocenters. The van der Waals surface area contributed by atoms with Gasteiger partial charge in [-0.05, 0) is 56.7 Å². The van der Waals surface area contributed by atoms with Gasteiger partial charge in [0.15, 0.2) is 5.96 Å². The molecule has 2 amide bonds. The van der Waals surface area contributed by atoms with E-state index in [0.29, 0.717) is 12.5 Å². The molecule has 1 aromatic rings. The minimum Gasteiger partial charge on any atom is -0.377 e. The fraction of sp³-hybridized carbons (Fsp3) is 0.667. The van der Waals surface area contributed by atoms with Gasteiger partial charge in [0.05, 0.1) is 12.6 Å². The molecule has 0 bridgehead atoms. The summed E-state index contributed by atoms with van der Waals surface area (Å²) >= 11 is 0. The van der Waals surface area contributed by atoms with E-state index < -0.39 is 0 Å². The van der Waals surface area contributed by atoms with E-state index in [2.05, 4.69) is 49.0 Å². The number of carbonyl (C=O) groups is 1. The van der Waals surface area contributed by atoms with Crippen LogP contribution in [0.2, 0.25) is 0 Å². The van der Waals surface area contributed by atoms with Crippen molar-refractivity contribution in [3.05, 3.63) is 29.8 Å². The summed E-state index contributed by atoms with van der Waals surface area (Å²) in [6.07, 6.45) is 2.54. The van der Waals surface area contributed by atoms with Crippen molar-refractivity contribution in [1.82, 2.24) is 16.0 Å². The highest BCUT2D eigenvalue weighted by molar-refractivity contribution is 5.89. The smallest absolute Gasteiger partial charge is 0.319 e. The number of anilines is 1. The molecule has 2 rings (SSSR count). The Morgan fingerprint density at radius 3 is 2.52 bits per heavy atom. The Bertz CT molecular complexity index is 710. The molecule has 2 unspecified atom stereocenters. The predicted molar refractivity (Wildman–Crippen MR) is 128 cm³/mol. The van der Waals surface area contributed by atoms with Crippen LogP contribution in [0.1, 0.15) is 59.9 Å². The van der Waals surface area contributed by atoms with Gasteiger partial charge >= 0.3 is 6.03 Å². The van der Waals surface area contributed by atoms with Gasteiger partial charge in [-0.25, -0.2) is 9.79 Å². The Hall–Kier alpha value is -2.28. The van der Waals surface area contributed by atoms with E-state index in [0.717, 1.165) is 43.3 Å². The third kappa shape index (κ3) is 8.77. The highest BCUT2D eigenvalue weighted by atomic mass is 16.5. The normalized spacial score (nSPS) is 19.8. The van der Waals surface area contributed by atoms with Crippen molar-refractivity contribution in [2.24, 2.45) is 16.3 Å². The second kappa shape index (κ2) is 11.9. The number of aliphatic imine (C=N–C) groups is 1. The summed E-state index contributed by atoms with van der Waals surface area (Å²) in [5.41, 5.74) is 1.98.